The van der Waals surface area contributed by atoms with E-state index in [0.717, 1.165) is 13.0 Å². The minimum Gasteiger partial charge on any atom is -0.398 e. The van der Waals surface area contributed by atoms with E-state index >= 15 is 0 Å². The molecule has 0 aliphatic heterocycles. The first-order valence-electron chi connectivity index (χ1n) is 5.94. The lowest BCUT2D eigenvalue weighted by molar-refractivity contribution is 0.400. The second-order valence-corrected chi connectivity index (χ2v) is 7.28. The van der Waals surface area contributed by atoms with Gasteiger partial charge in [0, 0.05) is 16.7 Å². The van der Waals surface area contributed by atoms with Crippen LogP contribution in [0.5, 0.6) is 0 Å². The van der Waals surface area contributed by atoms with Crippen LogP contribution in [0.1, 0.15) is 12.0 Å². The van der Waals surface area contributed by atoms with Gasteiger partial charge < -0.3 is 10.6 Å². The van der Waals surface area contributed by atoms with Gasteiger partial charge in [0.1, 0.15) is 0 Å². The maximum atomic E-state index is 12.2. The van der Waals surface area contributed by atoms with Crippen molar-refractivity contribution in [3.8, 4) is 0 Å². The normalized spacial score (nSPS) is 12.1. The number of aryl methyl sites for hydroxylation is 1. The number of hydrogen-bond donors (Lipinski definition) is 2. The van der Waals surface area contributed by atoms with Crippen molar-refractivity contribution in [1.29, 1.82) is 0 Å². The molecule has 0 aromatic heterocycles. The van der Waals surface area contributed by atoms with Crippen molar-refractivity contribution in [1.82, 2.24) is 9.62 Å². The van der Waals surface area contributed by atoms with Gasteiger partial charge in [0.15, 0.2) is 0 Å². The standard InChI is InChI=1S/C12H20BrN3O2S/c1-9-7-10(13)11(14)8-12(9)19(17,18)15-5-4-6-16(2)3/h7-8,15H,4-6,14H2,1-3H3. The van der Waals surface area contributed by atoms with Crippen LogP contribution in [0.4, 0.5) is 5.69 Å². The van der Waals surface area contributed by atoms with Crippen LogP contribution in [0.25, 0.3) is 0 Å². The van der Waals surface area contributed by atoms with Crippen molar-refractivity contribution in [3.63, 3.8) is 0 Å². The molecule has 0 amide bonds. The van der Waals surface area contributed by atoms with Gasteiger partial charge in [0.2, 0.25) is 10.0 Å². The molecule has 0 heterocycles. The number of halogens is 1. The van der Waals surface area contributed by atoms with E-state index in [1.807, 2.05) is 19.0 Å². The molecule has 0 atom stereocenters. The highest BCUT2D eigenvalue weighted by atomic mass is 79.9. The lowest BCUT2D eigenvalue weighted by Crippen LogP contribution is -2.28. The first-order valence-corrected chi connectivity index (χ1v) is 8.21. The van der Waals surface area contributed by atoms with Gasteiger partial charge in [0.25, 0.3) is 0 Å². The van der Waals surface area contributed by atoms with E-state index in [1.165, 1.54) is 6.07 Å². The highest BCUT2D eigenvalue weighted by molar-refractivity contribution is 9.10. The van der Waals surface area contributed by atoms with Crippen molar-refractivity contribution >= 4 is 31.6 Å². The Morgan fingerprint density at radius 1 is 1.37 bits per heavy atom. The summed E-state index contributed by atoms with van der Waals surface area (Å²) in [6.07, 6.45) is 0.761. The van der Waals surface area contributed by atoms with Gasteiger partial charge in [-0.25, -0.2) is 13.1 Å². The fraction of sp³-hybridized carbons (Fsp3) is 0.500. The summed E-state index contributed by atoms with van der Waals surface area (Å²) in [5.41, 5.74) is 6.82. The fourth-order valence-corrected chi connectivity index (χ4v) is 3.43. The van der Waals surface area contributed by atoms with E-state index in [0.29, 0.717) is 22.3 Å². The molecule has 5 nitrogen and oxygen atoms in total. The monoisotopic (exact) mass is 349 g/mol. The summed E-state index contributed by atoms with van der Waals surface area (Å²) in [4.78, 5) is 2.25. The number of rotatable bonds is 6. The minimum atomic E-state index is -3.50. The maximum absolute atomic E-state index is 12.2. The molecule has 0 saturated heterocycles. The molecule has 108 valence electrons. The summed E-state index contributed by atoms with van der Waals surface area (Å²) in [6, 6.07) is 3.19. The third-order valence-electron chi connectivity index (χ3n) is 2.66. The van der Waals surface area contributed by atoms with Crippen LogP contribution in [-0.2, 0) is 10.0 Å². The number of anilines is 1. The molecule has 0 saturated carbocycles. The Hall–Kier alpha value is -0.630. The molecule has 0 radical (unpaired) electrons. The number of nitrogens with one attached hydrogen (secondary N) is 1. The Balaban J connectivity index is 2.80. The number of nitrogens with zero attached hydrogens (tertiary/aromatic N) is 1. The number of sulfonamides is 1. The molecule has 0 unspecified atom stereocenters. The first kappa shape index (κ1) is 16.4. The lowest BCUT2D eigenvalue weighted by Gasteiger charge is -2.12. The molecule has 19 heavy (non-hydrogen) atoms. The molecule has 0 bridgehead atoms. The van der Waals surface area contributed by atoms with Gasteiger partial charge in [-0.3, -0.25) is 0 Å². The maximum Gasteiger partial charge on any atom is 0.240 e. The molecule has 7 heteroatoms. The van der Waals surface area contributed by atoms with Crippen LogP contribution in [0, 0.1) is 6.92 Å². The molecule has 1 aromatic rings. The molecular formula is C12H20BrN3O2S. The zero-order chi connectivity index (χ0) is 14.6. The van der Waals surface area contributed by atoms with Crippen molar-refractivity contribution in [3.05, 3.63) is 22.2 Å². The summed E-state index contributed by atoms with van der Waals surface area (Å²) in [7, 11) is 0.407. The molecule has 3 N–H and O–H groups in total. The van der Waals surface area contributed by atoms with Crippen LogP contribution < -0.4 is 10.5 Å². The van der Waals surface area contributed by atoms with Crippen molar-refractivity contribution in [2.75, 3.05) is 32.9 Å². The van der Waals surface area contributed by atoms with E-state index in [4.69, 9.17) is 5.73 Å². The Bertz CT molecular complexity index is 544. The summed E-state index contributed by atoms with van der Waals surface area (Å²) in [5, 5.41) is 0. The topological polar surface area (TPSA) is 75.4 Å². The summed E-state index contributed by atoms with van der Waals surface area (Å²) in [5.74, 6) is 0. The average Bonchev–Trinajstić information content (AvgIpc) is 2.29. The van der Waals surface area contributed by atoms with Gasteiger partial charge in [0.05, 0.1) is 4.90 Å². The SMILES string of the molecule is Cc1cc(Br)c(N)cc1S(=O)(=O)NCCCN(C)C. The first-order chi connectivity index (χ1) is 8.74. The van der Waals surface area contributed by atoms with Crippen molar-refractivity contribution < 1.29 is 8.42 Å². The highest BCUT2D eigenvalue weighted by Gasteiger charge is 2.17. The van der Waals surface area contributed by atoms with Gasteiger partial charge in [-0.15, -0.1) is 0 Å². The predicted molar refractivity (Wildman–Crippen MR) is 81.7 cm³/mol. The van der Waals surface area contributed by atoms with Crippen molar-refractivity contribution in [2.24, 2.45) is 0 Å². The average molecular weight is 350 g/mol. The van der Waals surface area contributed by atoms with Gasteiger partial charge in [-0.05, 0) is 67.6 Å². The summed E-state index contributed by atoms with van der Waals surface area (Å²) < 4.78 is 27.6. The molecule has 1 aromatic carbocycles. The minimum absolute atomic E-state index is 0.234. The van der Waals surface area contributed by atoms with Crippen LogP contribution in [0.2, 0.25) is 0 Å². The third-order valence-corrected chi connectivity index (χ3v) is 4.95. The molecule has 1 rings (SSSR count). The molecule has 0 spiro atoms. The van der Waals surface area contributed by atoms with E-state index < -0.39 is 10.0 Å². The molecular weight excluding hydrogens is 330 g/mol. The largest absolute Gasteiger partial charge is 0.398 e. The molecule has 0 aliphatic rings. The zero-order valence-corrected chi connectivity index (χ0v) is 13.8. The Labute approximate surface area is 123 Å². The van der Waals surface area contributed by atoms with Crippen LogP contribution in [-0.4, -0.2) is 40.5 Å². The number of benzene rings is 1. The quantitative estimate of drug-likeness (QED) is 0.603. The smallest absolute Gasteiger partial charge is 0.240 e. The number of nitrogens with two attached hydrogens (primary N) is 1. The summed E-state index contributed by atoms with van der Waals surface area (Å²) in [6.45, 7) is 3.00. The van der Waals surface area contributed by atoms with Gasteiger partial charge >= 0.3 is 0 Å². The van der Waals surface area contributed by atoms with E-state index in [-0.39, 0.29) is 4.90 Å². The van der Waals surface area contributed by atoms with Crippen LogP contribution in [0.3, 0.4) is 0 Å². The summed E-state index contributed by atoms with van der Waals surface area (Å²) >= 11 is 3.28. The molecule has 0 fully saturated rings. The Morgan fingerprint density at radius 2 is 2.00 bits per heavy atom. The van der Waals surface area contributed by atoms with Crippen molar-refractivity contribution in [2.45, 2.75) is 18.2 Å². The predicted octanol–water partition coefficient (Wildman–Crippen LogP) is 1.57. The van der Waals surface area contributed by atoms with E-state index in [1.54, 1.807) is 13.0 Å². The Kier molecular flexibility index (Phi) is 5.79. The second kappa shape index (κ2) is 6.69. The van der Waals surface area contributed by atoms with Gasteiger partial charge in [-0.2, -0.15) is 0 Å². The number of nitrogen functional groups attached to an aromatic ring is 1. The second-order valence-electron chi connectivity index (χ2n) is 4.69. The Morgan fingerprint density at radius 3 is 2.58 bits per heavy atom. The fourth-order valence-electron chi connectivity index (χ4n) is 1.64. The van der Waals surface area contributed by atoms with E-state index in [2.05, 4.69) is 20.7 Å². The van der Waals surface area contributed by atoms with Crippen LogP contribution >= 0.6 is 15.9 Å². The number of hydrogen-bond acceptors (Lipinski definition) is 4. The van der Waals surface area contributed by atoms with E-state index in [9.17, 15) is 8.42 Å². The van der Waals surface area contributed by atoms with Crippen LogP contribution in [0.15, 0.2) is 21.5 Å². The lowest BCUT2D eigenvalue weighted by atomic mass is 10.2. The van der Waals surface area contributed by atoms with Gasteiger partial charge in [-0.1, -0.05) is 0 Å². The molecule has 0 aliphatic carbocycles. The zero-order valence-electron chi connectivity index (χ0n) is 11.4. The highest BCUT2D eigenvalue weighted by Crippen LogP contribution is 2.26. The third kappa shape index (κ3) is 4.76.